The Balaban J connectivity index is 4.48. The Kier molecular flexibility index (Phi) is 70.2. The molecule has 0 amide bonds. The van der Waals surface area contributed by atoms with Crippen molar-refractivity contribution in [2.75, 3.05) is 39.6 Å². The van der Waals surface area contributed by atoms with Gasteiger partial charge in [-0.2, -0.15) is 0 Å². The number of carbonyl (C=O) groups is 3. The summed E-state index contributed by atoms with van der Waals surface area (Å²) in [7, 11) is -9.78. The molecule has 568 valence electrons. The van der Waals surface area contributed by atoms with Crippen LogP contribution < -0.4 is 0 Å². The maximum Gasteiger partial charge on any atom is 0.472 e. The van der Waals surface area contributed by atoms with E-state index in [9.17, 15) is 43.5 Å². The first-order chi connectivity index (χ1) is 48.2. The molecule has 18 heteroatoms. The van der Waals surface area contributed by atoms with Gasteiger partial charge in [0.2, 0.25) is 0 Å². The van der Waals surface area contributed by atoms with E-state index in [1.54, 1.807) is 0 Å². The second-order valence-electron chi connectivity index (χ2n) is 25.4. The van der Waals surface area contributed by atoms with Gasteiger partial charge in [0.15, 0.2) is 6.10 Å². The molecule has 0 heterocycles. The number of allylic oxidation sites excluding steroid dienone is 22. The summed E-state index contributed by atoms with van der Waals surface area (Å²) in [5, 5.41) is 20.6. The van der Waals surface area contributed by atoms with Gasteiger partial charge in [0.1, 0.15) is 25.4 Å². The van der Waals surface area contributed by atoms with Gasteiger partial charge in [0.05, 0.1) is 26.4 Å². The van der Waals surface area contributed by atoms with Gasteiger partial charge in [-0.15, -0.1) is 0 Å². The smallest absolute Gasteiger partial charge is 0.463 e. The standard InChI is InChI=1S/C81H138O16P2/c1-4-7-10-13-16-19-22-24-26-28-30-32-34-35-36-37-38-39-41-43-44-46-48-50-53-55-58-61-64-67-79(84)91-70-76(82)71-93-98(87,88)94-72-77(83)73-95-99(89,90)96-75-78(97-81(86)69-66-63-60-57-52-21-18-15-12-9-6-3)74-92-80(85)68-65-62-59-56-54-51-49-47-45-42-40-33-31-29-27-25-23-20-17-14-11-8-5-2/h7-8,10-11,16-17,19-20,24-27,30-33,35-36,38-39,42,45,76-78,82-83H,4-6,9,12-15,18,21-23,28-29,34,37,40-41,43-44,46-75H2,1-3H3,(H,87,88)(H,89,90)/b10-7-,11-8-,19-16-,20-17-,26-24-,27-25-,32-30-,33-31-,36-35-,39-38-,45-42-. The number of phosphoric acid groups is 2. The average molecular weight is 1430 g/mol. The quantitative estimate of drug-likeness (QED) is 0.0146. The molecule has 0 bridgehead atoms. The van der Waals surface area contributed by atoms with Crippen molar-refractivity contribution in [1.82, 2.24) is 0 Å². The van der Waals surface area contributed by atoms with E-state index in [1.807, 2.05) is 0 Å². The fourth-order valence-electron chi connectivity index (χ4n) is 10.1. The molecule has 0 rings (SSSR count). The van der Waals surface area contributed by atoms with Gasteiger partial charge in [-0.3, -0.25) is 32.5 Å². The maximum absolute atomic E-state index is 12.9. The first-order valence-electron chi connectivity index (χ1n) is 38.5. The molecule has 16 nitrogen and oxygen atoms in total. The molecular weight excluding hydrogens is 1290 g/mol. The Labute approximate surface area is 601 Å². The van der Waals surface area contributed by atoms with Crippen LogP contribution >= 0.6 is 15.6 Å². The van der Waals surface area contributed by atoms with E-state index in [2.05, 4.69) is 154 Å². The predicted octanol–water partition coefficient (Wildman–Crippen LogP) is 22.3. The highest BCUT2D eigenvalue weighted by molar-refractivity contribution is 7.47. The van der Waals surface area contributed by atoms with Crippen molar-refractivity contribution in [3.8, 4) is 0 Å². The molecule has 0 aliphatic heterocycles. The normalized spacial score (nSPS) is 14.8. The van der Waals surface area contributed by atoms with Crippen LogP contribution in [0, 0.1) is 0 Å². The van der Waals surface area contributed by atoms with Gasteiger partial charge in [0.25, 0.3) is 0 Å². The molecule has 0 spiro atoms. The molecular formula is C81H138O16P2. The van der Waals surface area contributed by atoms with E-state index in [1.165, 1.54) is 70.6 Å². The predicted molar refractivity (Wildman–Crippen MR) is 408 cm³/mol. The van der Waals surface area contributed by atoms with E-state index < -0.39 is 91.5 Å². The molecule has 0 saturated heterocycles. The molecule has 99 heavy (non-hydrogen) atoms. The lowest BCUT2D eigenvalue weighted by molar-refractivity contribution is -0.161. The summed E-state index contributed by atoms with van der Waals surface area (Å²) < 4.78 is 61.0. The zero-order valence-electron chi connectivity index (χ0n) is 61.9. The zero-order chi connectivity index (χ0) is 72.3. The summed E-state index contributed by atoms with van der Waals surface area (Å²) in [5.74, 6) is -1.59. The summed E-state index contributed by atoms with van der Waals surface area (Å²) in [5.41, 5.74) is 0. The van der Waals surface area contributed by atoms with Crippen molar-refractivity contribution in [1.29, 1.82) is 0 Å². The third-order valence-corrected chi connectivity index (χ3v) is 17.8. The van der Waals surface area contributed by atoms with Gasteiger partial charge >= 0.3 is 33.6 Å². The van der Waals surface area contributed by atoms with Gasteiger partial charge < -0.3 is 34.2 Å². The second-order valence-corrected chi connectivity index (χ2v) is 28.3. The topological polar surface area (TPSA) is 231 Å². The van der Waals surface area contributed by atoms with E-state index in [-0.39, 0.29) is 19.3 Å². The van der Waals surface area contributed by atoms with E-state index in [0.717, 1.165) is 173 Å². The van der Waals surface area contributed by atoms with Crippen LogP contribution in [0.15, 0.2) is 134 Å². The molecule has 5 atom stereocenters. The zero-order valence-corrected chi connectivity index (χ0v) is 63.7. The van der Waals surface area contributed by atoms with Crippen LogP contribution in [-0.2, 0) is 55.8 Å². The van der Waals surface area contributed by atoms with Crippen LogP contribution in [0.1, 0.15) is 303 Å². The van der Waals surface area contributed by atoms with Crippen LogP contribution in [-0.4, -0.2) is 95.9 Å². The first-order valence-corrected chi connectivity index (χ1v) is 41.5. The summed E-state index contributed by atoms with van der Waals surface area (Å²) in [6.07, 6.45) is 87.9. The number of unbranched alkanes of at least 4 members (excludes halogenated alkanes) is 27. The molecule has 4 N–H and O–H groups in total. The molecule has 0 radical (unpaired) electrons. The highest BCUT2D eigenvalue weighted by Crippen LogP contribution is 2.45. The van der Waals surface area contributed by atoms with Gasteiger partial charge in [-0.05, 0) is 116 Å². The number of phosphoric ester groups is 2. The average Bonchev–Trinajstić information content (AvgIpc) is 1.26. The van der Waals surface area contributed by atoms with Crippen LogP contribution in [0.25, 0.3) is 0 Å². The second kappa shape index (κ2) is 73.4. The SMILES string of the molecule is CC/C=C\C/C=C\C/C=C\C/C=C\C/C=C\C/C=C\CCCCCCCCCCCCC(=O)OCC(O)COP(=O)(O)OCC(O)COP(=O)(O)OCC(COC(=O)CCCCCCCCC/C=C\C/C=C\C/C=C\C/C=C\C/C=C\CC)OC(=O)CCCCCCCCCCCCC. The summed E-state index contributed by atoms with van der Waals surface area (Å²) in [6.45, 7) is 2.43. The Hall–Kier alpha value is -4.31. The summed E-state index contributed by atoms with van der Waals surface area (Å²) in [6, 6.07) is 0. The molecule has 0 aliphatic carbocycles. The summed E-state index contributed by atoms with van der Waals surface area (Å²) >= 11 is 0. The minimum Gasteiger partial charge on any atom is -0.463 e. The lowest BCUT2D eigenvalue weighted by atomic mass is 10.1. The van der Waals surface area contributed by atoms with Crippen LogP contribution in [0.3, 0.4) is 0 Å². The Morgan fingerprint density at radius 3 is 0.848 bits per heavy atom. The lowest BCUT2D eigenvalue weighted by Crippen LogP contribution is -2.30. The Bertz CT molecular complexity index is 2330. The van der Waals surface area contributed by atoms with Gasteiger partial charge in [-0.1, -0.05) is 302 Å². The number of carbonyl (C=O) groups excluding carboxylic acids is 3. The van der Waals surface area contributed by atoms with Crippen LogP contribution in [0.2, 0.25) is 0 Å². The largest absolute Gasteiger partial charge is 0.472 e. The van der Waals surface area contributed by atoms with Gasteiger partial charge in [0, 0.05) is 19.3 Å². The van der Waals surface area contributed by atoms with Crippen LogP contribution in [0.5, 0.6) is 0 Å². The van der Waals surface area contributed by atoms with Gasteiger partial charge in [-0.25, -0.2) is 9.13 Å². The van der Waals surface area contributed by atoms with E-state index >= 15 is 0 Å². The third-order valence-electron chi connectivity index (χ3n) is 15.9. The number of aliphatic hydroxyl groups is 2. The highest BCUT2D eigenvalue weighted by Gasteiger charge is 2.29. The fourth-order valence-corrected chi connectivity index (χ4v) is 11.7. The number of ether oxygens (including phenoxy) is 3. The molecule has 0 aromatic heterocycles. The van der Waals surface area contributed by atoms with Crippen molar-refractivity contribution in [2.24, 2.45) is 0 Å². The maximum atomic E-state index is 12.9. The monoisotopic (exact) mass is 1430 g/mol. The Morgan fingerprint density at radius 1 is 0.293 bits per heavy atom. The molecule has 0 aliphatic rings. The third kappa shape index (κ3) is 74.7. The summed E-state index contributed by atoms with van der Waals surface area (Å²) in [4.78, 5) is 58.5. The van der Waals surface area contributed by atoms with Crippen LogP contribution in [0.4, 0.5) is 0 Å². The molecule has 5 unspecified atom stereocenters. The minimum atomic E-state index is -4.93. The fraction of sp³-hybridized carbons (Fsp3) is 0.691. The number of hydrogen-bond donors (Lipinski definition) is 4. The van der Waals surface area contributed by atoms with Crippen molar-refractivity contribution in [3.63, 3.8) is 0 Å². The van der Waals surface area contributed by atoms with Crippen molar-refractivity contribution < 1.29 is 75.8 Å². The Morgan fingerprint density at radius 2 is 0.535 bits per heavy atom. The molecule has 0 aromatic carbocycles. The molecule has 0 saturated carbocycles. The number of esters is 3. The number of aliphatic hydroxyl groups excluding tert-OH is 2. The minimum absolute atomic E-state index is 0.102. The van der Waals surface area contributed by atoms with E-state index in [0.29, 0.717) is 19.3 Å². The van der Waals surface area contributed by atoms with Crippen molar-refractivity contribution >= 4 is 33.6 Å². The van der Waals surface area contributed by atoms with Crippen molar-refractivity contribution in [2.45, 2.75) is 322 Å². The van der Waals surface area contributed by atoms with E-state index in [4.69, 9.17) is 32.3 Å². The number of rotatable bonds is 72. The first kappa shape index (κ1) is 94.7. The lowest BCUT2D eigenvalue weighted by Gasteiger charge is -2.21. The molecule has 0 fully saturated rings. The van der Waals surface area contributed by atoms with Crippen molar-refractivity contribution in [3.05, 3.63) is 134 Å². The molecule has 0 aromatic rings. The number of hydrogen-bond acceptors (Lipinski definition) is 14. The highest BCUT2D eigenvalue weighted by atomic mass is 31.2.